The number of phosphoric acid groups is 1. The second-order valence-corrected chi connectivity index (χ2v) is 24.5. The van der Waals surface area contributed by atoms with Gasteiger partial charge in [0, 0.05) is 6.42 Å². The maximum Gasteiger partial charge on any atom is 0.268 e. The number of nitrogens with one attached hydrogen (secondary N) is 1. The predicted octanol–water partition coefficient (Wildman–Crippen LogP) is 19.9. The van der Waals surface area contributed by atoms with Gasteiger partial charge in [-0.25, -0.2) is 0 Å². The molecule has 0 aromatic rings. The average Bonchev–Trinajstić information content (AvgIpc) is 3.40. The lowest BCUT2D eigenvalue weighted by molar-refractivity contribution is -0.870. The summed E-state index contributed by atoms with van der Waals surface area (Å²) < 4.78 is 23.5. The van der Waals surface area contributed by atoms with Crippen molar-refractivity contribution in [3.8, 4) is 0 Å². The summed E-state index contributed by atoms with van der Waals surface area (Å²) in [6.07, 6.45) is 84.6. The van der Waals surface area contributed by atoms with Crippen LogP contribution in [-0.4, -0.2) is 68.5 Å². The molecule has 2 N–H and O–H groups in total. The molecule has 1 amide bonds. The zero-order valence-electron chi connectivity index (χ0n) is 51.6. The van der Waals surface area contributed by atoms with Gasteiger partial charge in [0.25, 0.3) is 7.82 Å². The van der Waals surface area contributed by atoms with E-state index in [1.54, 1.807) is 0 Å². The van der Waals surface area contributed by atoms with Crippen LogP contribution in [0.5, 0.6) is 0 Å². The highest BCUT2D eigenvalue weighted by Crippen LogP contribution is 2.38. The van der Waals surface area contributed by atoms with Crippen LogP contribution in [0.4, 0.5) is 0 Å². The molecule has 0 saturated heterocycles. The largest absolute Gasteiger partial charge is 0.756 e. The van der Waals surface area contributed by atoms with Crippen LogP contribution in [-0.2, 0) is 18.4 Å². The van der Waals surface area contributed by atoms with Gasteiger partial charge in [-0.15, -0.1) is 0 Å². The molecule has 0 fully saturated rings. The molecular formula is C69H125N2O6P. The van der Waals surface area contributed by atoms with Gasteiger partial charge in [0.15, 0.2) is 0 Å². The van der Waals surface area contributed by atoms with E-state index >= 15 is 0 Å². The maximum absolute atomic E-state index is 13.0. The first-order valence-corrected chi connectivity index (χ1v) is 34.0. The van der Waals surface area contributed by atoms with Crippen LogP contribution in [0.15, 0.2) is 97.2 Å². The number of carbonyl (C=O) groups excluding carboxylic acids is 1. The molecule has 0 saturated carbocycles. The van der Waals surface area contributed by atoms with Crippen molar-refractivity contribution in [1.29, 1.82) is 0 Å². The molecular weight excluding hydrogens is 984 g/mol. The normalized spacial score (nSPS) is 14.4. The van der Waals surface area contributed by atoms with E-state index in [1.165, 1.54) is 167 Å². The first-order chi connectivity index (χ1) is 38.0. The van der Waals surface area contributed by atoms with E-state index in [0.29, 0.717) is 23.9 Å². The zero-order chi connectivity index (χ0) is 57.0. The number of quaternary nitrogens is 1. The third-order valence-electron chi connectivity index (χ3n) is 14.3. The Hall–Kier alpha value is -2.58. The molecule has 9 heteroatoms. The molecule has 0 bridgehead atoms. The summed E-state index contributed by atoms with van der Waals surface area (Å²) in [6.45, 7) is 4.62. The Bertz CT molecular complexity index is 1590. The quantitative estimate of drug-likeness (QED) is 0.0272. The fraction of sp³-hybridized carbons (Fsp3) is 0.754. The highest BCUT2D eigenvalue weighted by Gasteiger charge is 2.24. The first kappa shape index (κ1) is 75.4. The minimum atomic E-state index is -4.58. The van der Waals surface area contributed by atoms with Gasteiger partial charge in [-0.2, -0.15) is 0 Å². The van der Waals surface area contributed by atoms with E-state index < -0.39 is 20.0 Å². The molecule has 0 radical (unpaired) electrons. The average molecular weight is 1110 g/mol. The summed E-state index contributed by atoms with van der Waals surface area (Å²) in [5, 5.41) is 14.0. The van der Waals surface area contributed by atoms with Crippen LogP contribution in [0, 0.1) is 0 Å². The summed E-state index contributed by atoms with van der Waals surface area (Å²) in [4.78, 5) is 25.6. The number of likely N-dealkylation sites (N-methyl/N-ethyl adjacent to an activating group) is 1. The molecule has 0 rings (SSSR count). The number of rotatable bonds is 59. The maximum atomic E-state index is 13.0. The molecule has 0 aliphatic carbocycles. The van der Waals surface area contributed by atoms with E-state index in [9.17, 15) is 19.4 Å². The van der Waals surface area contributed by atoms with Gasteiger partial charge in [0.2, 0.25) is 5.91 Å². The zero-order valence-corrected chi connectivity index (χ0v) is 52.5. The highest BCUT2D eigenvalue weighted by molar-refractivity contribution is 7.45. The van der Waals surface area contributed by atoms with Crippen molar-refractivity contribution in [1.82, 2.24) is 5.32 Å². The Kier molecular flexibility index (Phi) is 57.1. The van der Waals surface area contributed by atoms with Gasteiger partial charge in [0.05, 0.1) is 39.9 Å². The van der Waals surface area contributed by atoms with Gasteiger partial charge in [-0.1, -0.05) is 297 Å². The molecule has 3 atom stereocenters. The smallest absolute Gasteiger partial charge is 0.268 e. The summed E-state index contributed by atoms with van der Waals surface area (Å²) in [5.74, 6) is -0.166. The van der Waals surface area contributed by atoms with Crippen LogP contribution in [0.3, 0.4) is 0 Å². The van der Waals surface area contributed by atoms with Crippen LogP contribution in [0.2, 0.25) is 0 Å². The van der Waals surface area contributed by atoms with Crippen LogP contribution in [0.25, 0.3) is 0 Å². The highest BCUT2D eigenvalue weighted by atomic mass is 31.2. The van der Waals surface area contributed by atoms with E-state index in [0.717, 1.165) is 89.9 Å². The molecule has 0 aliphatic heterocycles. The third kappa shape index (κ3) is 61.0. The number of amides is 1. The van der Waals surface area contributed by atoms with E-state index in [-0.39, 0.29) is 19.1 Å². The van der Waals surface area contributed by atoms with Crippen molar-refractivity contribution in [2.24, 2.45) is 0 Å². The summed E-state index contributed by atoms with van der Waals surface area (Å²) in [6, 6.07) is -0.806. The van der Waals surface area contributed by atoms with Crippen LogP contribution in [0.1, 0.15) is 284 Å². The molecule has 0 heterocycles. The molecule has 0 aromatic carbocycles. The molecule has 0 aliphatic rings. The first-order valence-electron chi connectivity index (χ1n) is 32.6. The third-order valence-corrected chi connectivity index (χ3v) is 15.3. The topological polar surface area (TPSA) is 108 Å². The number of hydrogen-bond acceptors (Lipinski definition) is 6. The Morgan fingerprint density at radius 1 is 0.462 bits per heavy atom. The van der Waals surface area contributed by atoms with E-state index in [2.05, 4.69) is 116 Å². The lowest BCUT2D eigenvalue weighted by Gasteiger charge is -2.30. The molecule has 78 heavy (non-hydrogen) atoms. The number of hydrogen-bond donors (Lipinski definition) is 2. The lowest BCUT2D eigenvalue weighted by Crippen LogP contribution is -2.46. The number of unbranched alkanes of at least 4 members (excludes halogenated alkanes) is 30. The van der Waals surface area contributed by atoms with Gasteiger partial charge in [-0.3, -0.25) is 9.36 Å². The minimum Gasteiger partial charge on any atom is -0.756 e. The van der Waals surface area contributed by atoms with Crippen molar-refractivity contribution in [2.45, 2.75) is 296 Å². The predicted molar refractivity (Wildman–Crippen MR) is 339 cm³/mol. The SMILES string of the molecule is CC/C=C\C/C=C\C/C=C\C/C=C\C/C=C\C/C=C\C/C=C\C/C=C\CCCCCCCCCCCCCCCCC(=O)NC(COP(=O)([O-])OCC[N+](C)(C)C)C(O)CCCCCCCCCCCCCCCCCCC. The Balaban J connectivity index is 4.02. The standard InChI is InChI=1S/C69H125N2O6P/c1-6-8-10-12-14-16-18-20-22-24-25-26-27-28-29-30-31-32-33-34-35-36-37-38-39-40-41-42-43-44-45-47-49-51-53-55-57-59-61-63-69(73)70-67(66-77-78(74,75)76-65-64-71(3,4)5)68(72)62-60-58-56-54-52-50-48-46-23-21-19-17-15-13-11-9-7-2/h8,10,14,16,20,22,25-26,28-29,31-32,34-35,37-38,67-68,72H,6-7,9,11-13,15,17-19,21,23-24,27,30,33,36,39-66H2,1-5H3,(H-,70,73,74,75)/b10-8-,16-14-,22-20-,26-25-,29-28-,32-31-,35-34-,38-37-. The van der Waals surface area contributed by atoms with E-state index in [4.69, 9.17) is 9.05 Å². The summed E-state index contributed by atoms with van der Waals surface area (Å²) >= 11 is 0. The molecule has 3 unspecified atom stereocenters. The lowest BCUT2D eigenvalue weighted by atomic mass is 10.0. The Morgan fingerprint density at radius 3 is 1.14 bits per heavy atom. The van der Waals surface area contributed by atoms with Crippen LogP contribution >= 0.6 is 7.82 Å². The summed E-state index contributed by atoms with van der Waals surface area (Å²) in [5.41, 5.74) is 0. The van der Waals surface area contributed by atoms with Crippen LogP contribution < -0.4 is 10.2 Å². The van der Waals surface area contributed by atoms with Gasteiger partial charge in [0.1, 0.15) is 13.2 Å². The number of allylic oxidation sites excluding steroid dienone is 16. The Labute approximate surface area is 483 Å². The number of nitrogens with zero attached hydrogens (tertiary/aromatic N) is 1. The van der Waals surface area contributed by atoms with E-state index in [1.807, 2.05) is 21.1 Å². The molecule has 0 aromatic heterocycles. The molecule has 452 valence electrons. The minimum absolute atomic E-state index is 0.00983. The second-order valence-electron chi connectivity index (χ2n) is 23.1. The van der Waals surface area contributed by atoms with Gasteiger partial charge >= 0.3 is 0 Å². The Morgan fingerprint density at radius 2 is 0.782 bits per heavy atom. The van der Waals surface area contributed by atoms with Crippen molar-refractivity contribution in [3.05, 3.63) is 97.2 Å². The van der Waals surface area contributed by atoms with Crippen molar-refractivity contribution >= 4 is 13.7 Å². The number of aliphatic hydroxyl groups excluding tert-OH is 1. The summed E-state index contributed by atoms with van der Waals surface area (Å²) in [7, 11) is 1.30. The fourth-order valence-electron chi connectivity index (χ4n) is 9.29. The number of phosphoric ester groups is 1. The second kappa shape index (κ2) is 59.1. The van der Waals surface area contributed by atoms with Gasteiger partial charge in [-0.05, 0) is 77.0 Å². The monoisotopic (exact) mass is 1110 g/mol. The fourth-order valence-corrected chi connectivity index (χ4v) is 10.0. The van der Waals surface area contributed by atoms with Crippen molar-refractivity contribution in [2.75, 3.05) is 40.9 Å². The number of carbonyl (C=O) groups is 1. The van der Waals surface area contributed by atoms with Crippen molar-refractivity contribution in [3.63, 3.8) is 0 Å². The molecule has 0 spiro atoms. The molecule has 8 nitrogen and oxygen atoms in total. The van der Waals surface area contributed by atoms with Gasteiger partial charge < -0.3 is 28.8 Å². The van der Waals surface area contributed by atoms with Crippen molar-refractivity contribution < 1.29 is 32.9 Å². The number of aliphatic hydroxyl groups is 1.